The lowest BCUT2D eigenvalue weighted by Gasteiger charge is -2.06. The summed E-state index contributed by atoms with van der Waals surface area (Å²) in [5, 5.41) is 1.00. The summed E-state index contributed by atoms with van der Waals surface area (Å²) in [5.74, 6) is 1.04. The highest BCUT2D eigenvalue weighted by Gasteiger charge is 2.05. The van der Waals surface area contributed by atoms with E-state index in [1.165, 1.54) is 12.2 Å². The van der Waals surface area contributed by atoms with Crippen LogP contribution in [0.4, 0.5) is 0 Å². The Labute approximate surface area is 125 Å². The highest BCUT2D eigenvalue weighted by molar-refractivity contribution is 6.34. The molecule has 1 amide bonds. The second-order valence-electron chi connectivity index (χ2n) is 3.90. The lowest BCUT2D eigenvalue weighted by atomic mass is 10.3. The van der Waals surface area contributed by atoms with Gasteiger partial charge in [-0.25, -0.2) is 0 Å². The van der Waals surface area contributed by atoms with Crippen LogP contribution in [0.15, 0.2) is 40.8 Å². The smallest absolute Gasteiger partial charge is 0.241 e. The number of ether oxygens (including phenoxy) is 1. The largest absolute Gasteiger partial charge is 0.484 e. The Morgan fingerprint density at radius 3 is 2.85 bits per heavy atom. The predicted molar refractivity (Wildman–Crippen MR) is 77.7 cm³/mol. The molecule has 2 aromatic rings. The first-order valence-electron chi connectivity index (χ1n) is 5.68. The summed E-state index contributed by atoms with van der Waals surface area (Å²) in [4.78, 5) is 10.6. The topological polar surface area (TPSA) is 65.5 Å². The Bertz CT molecular complexity index is 650. The van der Waals surface area contributed by atoms with Gasteiger partial charge in [0, 0.05) is 17.2 Å². The van der Waals surface area contributed by atoms with E-state index in [1.807, 2.05) is 0 Å². The number of primary amides is 1. The number of carbonyl (C=O) groups excluding carboxylic acids is 1. The number of hydrogen-bond acceptors (Lipinski definition) is 3. The van der Waals surface area contributed by atoms with Crippen molar-refractivity contribution in [1.82, 2.24) is 0 Å². The van der Waals surface area contributed by atoms with Crippen LogP contribution in [-0.2, 0) is 11.4 Å². The third-order valence-electron chi connectivity index (χ3n) is 2.36. The third-order valence-corrected chi connectivity index (χ3v) is 2.90. The molecular weight excluding hydrogens is 301 g/mol. The van der Waals surface area contributed by atoms with Crippen LogP contribution in [0.25, 0.3) is 6.08 Å². The van der Waals surface area contributed by atoms with Gasteiger partial charge in [-0.3, -0.25) is 4.79 Å². The maximum absolute atomic E-state index is 10.6. The second-order valence-corrected chi connectivity index (χ2v) is 4.75. The summed E-state index contributed by atoms with van der Waals surface area (Å²) in [6.45, 7) is 0.199. The third kappa shape index (κ3) is 4.05. The van der Waals surface area contributed by atoms with E-state index < -0.39 is 5.91 Å². The number of rotatable bonds is 5. The van der Waals surface area contributed by atoms with Gasteiger partial charge >= 0.3 is 0 Å². The SMILES string of the molecule is NC(=O)/C=C\c1ccc(COc2cc(Cl)ccc2Cl)o1. The zero-order valence-electron chi connectivity index (χ0n) is 10.3. The fraction of sp³-hybridized carbons (Fsp3) is 0.0714. The molecule has 2 N–H and O–H groups in total. The van der Waals surface area contributed by atoms with Crippen molar-refractivity contribution in [3.05, 3.63) is 58.0 Å². The van der Waals surface area contributed by atoms with E-state index in [0.717, 1.165) is 0 Å². The van der Waals surface area contributed by atoms with Gasteiger partial charge in [0.15, 0.2) is 0 Å². The average molecular weight is 312 g/mol. The van der Waals surface area contributed by atoms with Crippen LogP contribution in [0.3, 0.4) is 0 Å². The number of nitrogens with two attached hydrogens (primary N) is 1. The molecule has 104 valence electrons. The molecule has 4 nitrogen and oxygen atoms in total. The number of amides is 1. The summed E-state index contributed by atoms with van der Waals surface area (Å²) >= 11 is 11.8. The fourth-order valence-corrected chi connectivity index (χ4v) is 1.80. The van der Waals surface area contributed by atoms with E-state index in [0.29, 0.717) is 27.3 Å². The van der Waals surface area contributed by atoms with Crippen molar-refractivity contribution in [2.45, 2.75) is 6.61 Å². The van der Waals surface area contributed by atoms with Crippen LogP contribution in [0.5, 0.6) is 5.75 Å². The Kier molecular flexibility index (Phi) is 4.71. The zero-order valence-corrected chi connectivity index (χ0v) is 11.8. The molecule has 20 heavy (non-hydrogen) atoms. The molecule has 1 aromatic carbocycles. The molecule has 0 atom stereocenters. The molecule has 0 saturated carbocycles. The van der Waals surface area contributed by atoms with Crippen molar-refractivity contribution < 1.29 is 13.9 Å². The molecule has 0 aliphatic heterocycles. The quantitative estimate of drug-likeness (QED) is 0.857. The molecule has 0 bridgehead atoms. The summed E-state index contributed by atoms with van der Waals surface area (Å²) in [5.41, 5.74) is 4.99. The monoisotopic (exact) mass is 311 g/mol. The van der Waals surface area contributed by atoms with Crippen molar-refractivity contribution in [1.29, 1.82) is 0 Å². The van der Waals surface area contributed by atoms with Gasteiger partial charge in [-0.1, -0.05) is 23.2 Å². The van der Waals surface area contributed by atoms with Crippen LogP contribution in [0.2, 0.25) is 10.0 Å². The van der Waals surface area contributed by atoms with Crippen LogP contribution in [0.1, 0.15) is 11.5 Å². The molecule has 1 aromatic heterocycles. The standard InChI is InChI=1S/C14H11Cl2NO3/c15-9-1-5-12(16)13(7-9)19-8-11-3-2-10(20-11)4-6-14(17)18/h1-7H,8H2,(H2,17,18)/b6-4-. The first-order valence-corrected chi connectivity index (χ1v) is 6.44. The van der Waals surface area contributed by atoms with E-state index in [1.54, 1.807) is 30.3 Å². The van der Waals surface area contributed by atoms with Gasteiger partial charge < -0.3 is 14.9 Å². The van der Waals surface area contributed by atoms with Gasteiger partial charge in [-0.15, -0.1) is 0 Å². The summed E-state index contributed by atoms with van der Waals surface area (Å²) in [7, 11) is 0. The molecule has 0 aliphatic rings. The maximum Gasteiger partial charge on any atom is 0.241 e. The zero-order chi connectivity index (χ0) is 14.5. The van der Waals surface area contributed by atoms with Gasteiger partial charge in [0.05, 0.1) is 5.02 Å². The Balaban J connectivity index is 2.01. The van der Waals surface area contributed by atoms with Crippen molar-refractivity contribution in [3.63, 3.8) is 0 Å². The molecule has 0 spiro atoms. The minimum Gasteiger partial charge on any atom is -0.484 e. The van der Waals surface area contributed by atoms with Crippen molar-refractivity contribution in [3.8, 4) is 5.75 Å². The first-order chi connectivity index (χ1) is 9.54. The molecule has 0 aliphatic carbocycles. The molecular formula is C14H11Cl2NO3. The van der Waals surface area contributed by atoms with Gasteiger partial charge in [0.25, 0.3) is 0 Å². The number of carbonyl (C=O) groups is 1. The normalized spacial score (nSPS) is 10.9. The Morgan fingerprint density at radius 2 is 2.10 bits per heavy atom. The molecule has 0 unspecified atom stereocenters. The fourth-order valence-electron chi connectivity index (χ4n) is 1.46. The van der Waals surface area contributed by atoms with Gasteiger partial charge in [0.2, 0.25) is 5.91 Å². The second kappa shape index (κ2) is 6.50. The van der Waals surface area contributed by atoms with E-state index in [9.17, 15) is 4.79 Å². The van der Waals surface area contributed by atoms with Crippen LogP contribution in [0, 0.1) is 0 Å². The Morgan fingerprint density at radius 1 is 1.30 bits per heavy atom. The van der Waals surface area contributed by atoms with E-state index in [2.05, 4.69) is 0 Å². The highest BCUT2D eigenvalue weighted by Crippen LogP contribution is 2.28. The molecule has 0 radical (unpaired) electrons. The molecule has 1 heterocycles. The van der Waals surface area contributed by atoms with Gasteiger partial charge in [0.1, 0.15) is 23.9 Å². The minimum absolute atomic E-state index is 0.199. The van der Waals surface area contributed by atoms with Crippen LogP contribution in [-0.4, -0.2) is 5.91 Å². The van der Waals surface area contributed by atoms with Crippen molar-refractivity contribution >= 4 is 35.2 Å². The Hall–Kier alpha value is -1.91. The van der Waals surface area contributed by atoms with Gasteiger partial charge in [-0.05, 0) is 30.3 Å². The lowest BCUT2D eigenvalue weighted by molar-refractivity contribution is -0.113. The summed E-state index contributed by atoms with van der Waals surface area (Å²) < 4.78 is 10.9. The van der Waals surface area contributed by atoms with Crippen molar-refractivity contribution in [2.75, 3.05) is 0 Å². The summed E-state index contributed by atoms with van der Waals surface area (Å²) in [6, 6.07) is 8.40. The van der Waals surface area contributed by atoms with Crippen LogP contribution < -0.4 is 10.5 Å². The van der Waals surface area contributed by atoms with E-state index >= 15 is 0 Å². The highest BCUT2D eigenvalue weighted by atomic mass is 35.5. The van der Waals surface area contributed by atoms with E-state index in [-0.39, 0.29) is 6.61 Å². The van der Waals surface area contributed by atoms with Crippen molar-refractivity contribution in [2.24, 2.45) is 5.73 Å². The minimum atomic E-state index is -0.537. The molecule has 0 fully saturated rings. The number of furan rings is 1. The van der Waals surface area contributed by atoms with E-state index in [4.69, 9.17) is 38.1 Å². The van der Waals surface area contributed by atoms with Gasteiger partial charge in [-0.2, -0.15) is 0 Å². The maximum atomic E-state index is 10.6. The molecule has 0 saturated heterocycles. The van der Waals surface area contributed by atoms with Crippen LogP contribution >= 0.6 is 23.2 Å². The number of benzene rings is 1. The summed E-state index contributed by atoms with van der Waals surface area (Å²) in [6.07, 6.45) is 2.70. The number of hydrogen-bond donors (Lipinski definition) is 1. The first kappa shape index (κ1) is 14.5. The lowest BCUT2D eigenvalue weighted by Crippen LogP contribution is -2.04. The average Bonchev–Trinajstić information content (AvgIpc) is 2.85. The number of halogens is 2. The predicted octanol–water partition coefficient (Wildman–Crippen LogP) is 3.66. The molecule has 6 heteroatoms. The molecule has 2 rings (SSSR count).